The Balaban J connectivity index is 2.07. The highest BCUT2D eigenvalue weighted by atomic mass is 19.1. The predicted octanol–water partition coefficient (Wildman–Crippen LogP) is 3.08. The van der Waals surface area contributed by atoms with Crippen LogP contribution in [0.5, 0.6) is 0 Å². The first-order valence-corrected chi connectivity index (χ1v) is 6.59. The number of hydrogen-bond acceptors (Lipinski definition) is 2. The Morgan fingerprint density at radius 1 is 1.25 bits per heavy atom. The van der Waals surface area contributed by atoms with E-state index in [0.717, 1.165) is 19.3 Å². The second-order valence-electron chi connectivity index (χ2n) is 4.85. The average Bonchev–Trinajstić information content (AvgIpc) is 2.43. The lowest BCUT2D eigenvalue weighted by molar-refractivity contribution is -0.120. The molecule has 1 aromatic rings. The Labute approximate surface area is 117 Å². The Bertz CT molecular complexity index is 555. The predicted molar refractivity (Wildman–Crippen MR) is 75.8 cm³/mol. The summed E-state index contributed by atoms with van der Waals surface area (Å²) in [6, 6.07) is 4.13. The van der Waals surface area contributed by atoms with Crippen molar-refractivity contribution in [1.29, 1.82) is 0 Å². The lowest BCUT2D eigenvalue weighted by Crippen LogP contribution is -2.23. The largest absolute Gasteiger partial charge is 0.326 e. The van der Waals surface area contributed by atoms with Crippen molar-refractivity contribution >= 4 is 23.2 Å². The van der Waals surface area contributed by atoms with Crippen LogP contribution >= 0.6 is 0 Å². The normalized spacial score (nSPS) is 17.6. The van der Waals surface area contributed by atoms with E-state index in [0.29, 0.717) is 5.69 Å². The molecule has 0 saturated heterocycles. The smallest absolute Gasteiger partial charge is 0.227 e. The Hall–Kier alpha value is -2.17. The van der Waals surface area contributed by atoms with Gasteiger partial charge in [0, 0.05) is 18.5 Å². The standard InChI is InChI=1S/C15H17FN2O2/c1-10(19)17-14-9-12(7-8-13(14)16)18-15(20)11-5-3-2-4-6-11/h2-3,7-9,11H,4-6H2,1H3,(H,17,19)(H,18,20)/t11-/m0/s1. The van der Waals surface area contributed by atoms with Gasteiger partial charge in [-0.2, -0.15) is 0 Å². The van der Waals surface area contributed by atoms with Crippen molar-refractivity contribution in [2.24, 2.45) is 5.92 Å². The number of carbonyl (C=O) groups excluding carboxylic acids is 2. The Morgan fingerprint density at radius 3 is 2.70 bits per heavy atom. The molecule has 0 aromatic heterocycles. The van der Waals surface area contributed by atoms with E-state index in [9.17, 15) is 14.0 Å². The highest BCUT2D eigenvalue weighted by molar-refractivity contribution is 5.94. The molecular weight excluding hydrogens is 259 g/mol. The molecule has 106 valence electrons. The van der Waals surface area contributed by atoms with Crippen LogP contribution < -0.4 is 10.6 Å². The lowest BCUT2D eigenvalue weighted by Gasteiger charge is -2.17. The second kappa shape index (κ2) is 6.32. The highest BCUT2D eigenvalue weighted by Gasteiger charge is 2.19. The van der Waals surface area contributed by atoms with E-state index in [1.807, 2.05) is 6.08 Å². The Morgan fingerprint density at radius 2 is 2.05 bits per heavy atom. The van der Waals surface area contributed by atoms with Gasteiger partial charge in [-0.3, -0.25) is 9.59 Å². The van der Waals surface area contributed by atoms with Crippen molar-refractivity contribution in [2.75, 3.05) is 10.6 Å². The van der Waals surface area contributed by atoms with Crippen molar-refractivity contribution < 1.29 is 14.0 Å². The molecule has 2 N–H and O–H groups in total. The highest BCUT2D eigenvalue weighted by Crippen LogP contribution is 2.23. The molecule has 0 unspecified atom stereocenters. The van der Waals surface area contributed by atoms with Crippen molar-refractivity contribution in [3.05, 3.63) is 36.2 Å². The van der Waals surface area contributed by atoms with Crippen molar-refractivity contribution in [3.8, 4) is 0 Å². The zero-order valence-corrected chi connectivity index (χ0v) is 11.3. The molecule has 1 atom stereocenters. The van der Waals surface area contributed by atoms with Gasteiger partial charge < -0.3 is 10.6 Å². The van der Waals surface area contributed by atoms with Crippen LogP contribution in [-0.4, -0.2) is 11.8 Å². The van der Waals surface area contributed by atoms with Crippen LogP contribution in [0.25, 0.3) is 0 Å². The molecule has 2 rings (SSSR count). The summed E-state index contributed by atoms with van der Waals surface area (Å²) in [4.78, 5) is 23.0. The molecule has 2 amide bonds. The molecule has 1 aliphatic rings. The van der Waals surface area contributed by atoms with Gasteiger partial charge in [-0.05, 0) is 37.5 Å². The van der Waals surface area contributed by atoms with Gasteiger partial charge in [-0.1, -0.05) is 12.2 Å². The zero-order valence-electron chi connectivity index (χ0n) is 11.3. The van der Waals surface area contributed by atoms with Crippen LogP contribution in [0.2, 0.25) is 0 Å². The first kappa shape index (κ1) is 14.2. The lowest BCUT2D eigenvalue weighted by atomic mass is 9.93. The summed E-state index contributed by atoms with van der Waals surface area (Å²) in [7, 11) is 0. The molecule has 1 aromatic carbocycles. The molecule has 5 heteroatoms. The number of amides is 2. The molecule has 0 fully saturated rings. The van der Waals surface area contributed by atoms with E-state index in [1.54, 1.807) is 0 Å². The number of halogens is 1. The maximum absolute atomic E-state index is 13.5. The number of rotatable bonds is 3. The molecule has 20 heavy (non-hydrogen) atoms. The molecule has 0 heterocycles. The number of nitrogens with one attached hydrogen (secondary N) is 2. The molecule has 0 bridgehead atoms. The van der Waals surface area contributed by atoms with Crippen molar-refractivity contribution in [3.63, 3.8) is 0 Å². The van der Waals surface area contributed by atoms with Crippen LogP contribution in [0.15, 0.2) is 30.4 Å². The second-order valence-corrected chi connectivity index (χ2v) is 4.85. The van der Waals surface area contributed by atoms with Crippen LogP contribution in [0.3, 0.4) is 0 Å². The van der Waals surface area contributed by atoms with Crippen LogP contribution in [0.1, 0.15) is 26.2 Å². The molecule has 0 saturated carbocycles. The van der Waals surface area contributed by atoms with Crippen LogP contribution in [0.4, 0.5) is 15.8 Å². The fourth-order valence-electron chi connectivity index (χ4n) is 2.16. The molecule has 0 spiro atoms. The fraction of sp³-hybridized carbons (Fsp3) is 0.333. The van der Waals surface area contributed by atoms with Crippen molar-refractivity contribution in [2.45, 2.75) is 26.2 Å². The zero-order chi connectivity index (χ0) is 14.5. The van der Waals surface area contributed by atoms with Crippen LogP contribution in [-0.2, 0) is 9.59 Å². The van der Waals surface area contributed by atoms with Gasteiger partial charge in [-0.25, -0.2) is 4.39 Å². The van der Waals surface area contributed by atoms with Gasteiger partial charge in [0.25, 0.3) is 0 Å². The van der Waals surface area contributed by atoms with Gasteiger partial charge in [0.05, 0.1) is 5.69 Å². The van der Waals surface area contributed by atoms with Gasteiger partial charge in [0.2, 0.25) is 11.8 Å². The minimum Gasteiger partial charge on any atom is -0.326 e. The molecule has 4 nitrogen and oxygen atoms in total. The SMILES string of the molecule is CC(=O)Nc1cc(NC(=O)[C@H]2CC=CCC2)ccc1F. The van der Waals surface area contributed by atoms with Gasteiger partial charge in [0.1, 0.15) is 5.82 Å². The van der Waals surface area contributed by atoms with Crippen molar-refractivity contribution in [1.82, 2.24) is 0 Å². The van der Waals surface area contributed by atoms with E-state index in [-0.39, 0.29) is 23.4 Å². The summed E-state index contributed by atoms with van der Waals surface area (Å²) in [5, 5.41) is 5.15. The quantitative estimate of drug-likeness (QED) is 0.833. The van der Waals surface area contributed by atoms with E-state index in [2.05, 4.69) is 16.7 Å². The van der Waals surface area contributed by atoms with Crippen LogP contribution in [0, 0.1) is 11.7 Å². The molecule has 1 aliphatic carbocycles. The van der Waals surface area contributed by atoms with Gasteiger partial charge in [0.15, 0.2) is 0 Å². The summed E-state index contributed by atoms with van der Waals surface area (Å²) in [5.41, 5.74) is 0.550. The average molecular weight is 276 g/mol. The van der Waals surface area contributed by atoms with E-state index in [4.69, 9.17) is 0 Å². The minimum atomic E-state index is -0.529. The topological polar surface area (TPSA) is 58.2 Å². The number of allylic oxidation sites excluding steroid dienone is 2. The summed E-state index contributed by atoms with van der Waals surface area (Å²) >= 11 is 0. The summed E-state index contributed by atoms with van der Waals surface area (Å²) < 4.78 is 13.5. The first-order chi connectivity index (χ1) is 9.56. The summed E-state index contributed by atoms with van der Waals surface area (Å²) in [6.45, 7) is 1.30. The third-order valence-electron chi connectivity index (χ3n) is 3.18. The molecule has 0 aliphatic heterocycles. The minimum absolute atomic E-state index is 0.0470. The van der Waals surface area contributed by atoms with Gasteiger partial charge in [-0.15, -0.1) is 0 Å². The third-order valence-corrected chi connectivity index (χ3v) is 3.18. The molecule has 0 radical (unpaired) electrons. The number of anilines is 2. The first-order valence-electron chi connectivity index (χ1n) is 6.59. The maximum atomic E-state index is 13.5. The molecular formula is C15H17FN2O2. The number of carbonyl (C=O) groups is 2. The monoisotopic (exact) mass is 276 g/mol. The van der Waals surface area contributed by atoms with Gasteiger partial charge >= 0.3 is 0 Å². The van der Waals surface area contributed by atoms with E-state index < -0.39 is 5.82 Å². The number of benzene rings is 1. The summed E-state index contributed by atoms with van der Waals surface area (Å²) in [6.07, 6.45) is 6.52. The third kappa shape index (κ3) is 3.66. The van der Waals surface area contributed by atoms with E-state index >= 15 is 0 Å². The Kier molecular flexibility index (Phi) is 4.50. The van der Waals surface area contributed by atoms with E-state index in [1.165, 1.54) is 25.1 Å². The summed E-state index contributed by atoms with van der Waals surface area (Å²) in [5.74, 6) is -1.01. The fourth-order valence-corrected chi connectivity index (χ4v) is 2.16. The number of hydrogen-bond donors (Lipinski definition) is 2. The maximum Gasteiger partial charge on any atom is 0.227 e.